The SMILES string of the molecule is CC(CNC(=O)Cc1csc(NC(=O)c2ccco2)n1)c1ccccc1. The third-order valence-electron chi connectivity index (χ3n) is 3.83. The molecule has 0 aliphatic heterocycles. The molecule has 0 aliphatic rings. The zero-order valence-corrected chi connectivity index (χ0v) is 15.1. The molecule has 1 atom stereocenters. The van der Waals surface area contributed by atoms with Gasteiger partial charge in [0, 0.05) is 11.9 Å². The van der Waals surface area contributed by atoms with Gasteiger partial charge in [0.2, 0.25) is 5.91 Å². The van der Waals surface area contributed by atoms with Crippen molar-refractivity contribution < 1.29 is 14.0 Å². The maximum Gasteiger partial charge on any atom is 0.293 e. The van der Waals surface area contributed by atoms with Gasteiger partial charge in [-0.15, -0.1) is 11.3 Å². The fraction of sp³-hybridized carbons (Fsp3) is 0.211. The number of rotatable bonds is 7. The number of amides is 2. The minimum Gasteiger partial charge on any atom is -0.459 e. The van der Waals surface area contributed by atoms with Crippen molar-refractivity contribution in [1.29, 1.82) is 0 Å². The Morgan fingerprint density at radius 1 is 1.19 bits per heavy atom. The minimum atomic E-state index is -0.364. The number of thiazole rings is 1. The Balaban J connectivity index is 1.47. The van der Waals surface area contributed by atoms with Gasteiger partial charge in [-0.1, -0.05) is 37.3 Å². The second-order valence-corrected chi connectivity index (χ2v) is 6.73. The van der Waals surface area contributed by atoms with E-state index in [4.69, 9.17) is 4.42 Å². The van der Waals surface area contributed by atoms with E-state index >= 15 is 0 Å². The van der Waals surface area contributed by atoms with Crippen LogP contribution in [-0.2, 0) is 11.2 Å². The summed E-state index contributed by atoms with van der Waals surface area (Å²) in [7, 11) is 0. The van der Waals surface area contributed by atoms with Crippen molar-refractivity contribution in [2.45, 2.75) is 19.3 Å². The predicted molar refractivity (Wildman–Crippen MR) is 100 cm³/mol. The summed E-state index contributed by atoms with van der Waals surface area (Å²) in [5.74, 6) is -0.00727. The van der Waals surface area contributed by atoms with Crippen LogP contribution in [0.25, 0.3) is 0 Å². The molecule has 7 heteroatoms. The van der Waals surface area contributed by atoms with Gasteiger partial charge >= 0.3 is 0 Å². The number of carbonyl (C=O) groups excluding carboxylic acids is 2. The zero-order valence-electron chi connectivity index (χ0n) is 14.3. The first-order chi connectivity index (χ1) is 12.6. The van der Waals surface area contributed by atoms with Crippen LogP contribution in [0.1, 0.15) is 34.7 Å². The Hall–Kier alpha value is -2.93. The fourth-order valence-electron chi connectivity index (χ4n) is 2.41. The average Bonchev–Trinajstić information content (AvgIpc) is 3.32. The van der Waals surface area contributed by atoms with Crippen molar-refractivity contribution in [3.05, 3.63) is 71.1 Å². The number of hydrogen-bond donors (Lipinski definition) is 2. The molecule has 2 amide bonds. The second kappa shape index (κ2) is 8.44. The highest BCUT2D eigenvalue weighted by molar-refractivity contribution is 7.14. The molecule has 2 N–H and O–H groups in total. The van der Waals surface area contributed by atoms with E-state index < -0.39 is 0 Å². The third kappa shape index (κ3) is 4.80. The standard InChI is InChI=1S/C19H19N3O3S/c1-13(14-6-3-2-4-7-14)11-20-17(23)10-15-12-26-19(21-15)22-18(24)16-8-5-9-25-16/h2-9,12-13H,10-11H2,1H3,(H,20,23)(H,21,22,24). The van der Waals surface area contributed by atoms with Gasteiger partial charge in [-0.25, -0.2) is 4.98 Å². The molecule has 0 fully saturated rings. The molecule has 0 saturated carbocycles. The van der Waals surface area contributed by atoms with Gasteiger partial charge in [0.25, 0.3) is 5.91 Å². The van der Waals surface area contributed by atoms with E-state index in [1.807, 2.05) is 30.3 Å². The Labute approximate surface area is 155 Å². The predicted octanol–water partition coefficient (Wildman–Crippen LogP) is 3.45. The molecular formula is C19H19N3O3S. The molecule has 0 bridgehead atoms. The molecule has 3 aromatic rings. The summed E-state index contributed by atoms with van der Waals surface area (Å²) in [4.78, 5) is 28.3. The Morgan fingerprint density at radius 3 is 2.73 bits per heavy atom. The molecule has 26 heavy (non-hydrogen) atoms. The number of hydrogen-bond acceptors (Lipinski definition) is 5. The summed E-state index contributed by atoms with van der Waals surface area (Å²) in [5.41, 5.74) is 1.80. The third-order valence-corrected chi connectivity index (χ3v) is 4.64. The summed E-state index contributed by atoms with van der Waals surface area (Å²) in [5, 5.41) is 7.78. The molecule has 2 aromatic heterocycles. The highest BCUT2D eigenvalue weighted by atomic mass is 32.1. The maximum atomic E-state index is 12.1. The molecule has 0 saturated heterocycles. The zero-order chi connectivity index (χ0) is 18.4. The summed E-state index contributed by atoms with van der Waals surface area (Å²) >= 11 is 1.27. The van der Waals surface area contributed by atoms with Gasteiger partial charge in [0.05, 0.1) is 18.4 Å². The Bertz CT molecular complexity index is 859. The van der Waals surface area contributed by atoms with Crippen LogP contribution in [0.5, 0.6) is 0 Å². The maximum absolute atomic E-state index is 12.1. The molecule has 2 heterocycles. The highest BCUT2D eigenvalue weighted by Gasteiger charge is 2.13. The summed E-state index contributed by atoms with van der Waals surface area (Å²) in [6.45, 7) is 2.63. The number of anilines is 1. The van der Waals surface area contributed by atoms with Crippen LogP contribution in [0, 0.1) is 0 Å². The number of carbonyl (C=O) groups is 2. The van der Waals surface area contributed by atoms with Crippen LogP contribution < -0.4 is 10.6 Å². The monoisotopic (exact) mass is 369 g/mol. The van der Waals surface area contributed by atoms with E-state index in [1.54, 1.807) is 17.5 Å². The van der Waals surface area contributed by atoms with Gasteiger partial charge in [-0.3, -0.25) is 14.9 Å². The first kappa shape index (κ1) is 17.9. The van der Waals surface area contributed by atoms with Crippen LogP contribution in [0.4, 0.5) is 5.13 Å². The van der Waals surface area contributed by atoms with E-state index in [0.29, 0.717) is 17.4 Å². The van der Waals surface area contributed by atoms with E-state index in [2.05, 4.69) is 22.5 Å². The molecule has 3 rings (SSSR count). The molecule has 134 valence electrons. The number of furan rings is 1. The summed E-state index contributed by atoms with van der Waals surface area (Å²) in [6, 6.07) is 13.3. The van der Waals surface area contributed by atoms with E-state index in [-0.39, 0.29) is 29.9 Å². The topological polar surface area (TPSA) is 84.2 Å². The molecule has 1 aromatic carbocycles. The van der Waals surface area contributed by atoms with Gasteiger partial charge in [0.1, 0.15) is 0 Å². The average molecular weight is 369 g/mol. The van der Waals surface area contributed by atoms with E-state index in [0.717, 1.165) is 0 Å². The molecule has 0 radical (unpaired) electrons. The summed E-state index contributed by atoms with van der Waals surface area (Å²) < 4.78 is 5.03. The number of aromatic nitrogens is 1. The van der Waals surface area contributed by atoms with Crippen molar-refractivity contribution in [2.24, 2.45) is 0 Å². The van der Waals surface area contributed by atoms with Gasteiger partial charge in [-0.05, 0) is 23.6 Å². The normalized spacial score (nSPS) is 11.7. The van der Waals surface area contributed by atoms with Crippen LogP contribution in [0.3, 0.4) is 0 Å². The van der Waals surface area contributed by atoms with Gasteiger partial charge in [-0.2, -0.15) is 0 Å². The molecule has 0 spiro atoms. The second-order valence-electron chi connectivity index (χ2n) is 5.87. The van der Waals surface area contributed by atoms with E-state index in [9.17, 15) is 9.59 Å². The largest absolute Gasteiger partial charge is 0.459 e. The van der Waals surface area contributed by atoms with E-state index in [1.165, 1.54) is 23.2 Å². The lowest BCUT2D eigenvalue weighted by Crippen LogP contribution is -2.29. The lowest BCUT2D eigenvalue weighted by atomic mass is 10.0. The lowest BCUT2D eigenvalue weighted by Gasteiger charge is -2.12. The Morgan fingerprint density at radius 2 is 2.00 bits per heavy atom. The van der Waals surface area contributed by atoms with Crippen molar-refractivity contribution in [2.75, 3.05) is 11.9 Å². The molecule has 0 aliphatic carbocycles. The van der Waals surface area contributed by atoms with Crippen molar-refractivity contribution in [3.63, 3.8) is 0 Å². The number of nitrogens with one attached hydrogen (secondary N) is 2. The first-order valence-electron chi connectivity index (χ1n) is 8.22. The summed E-state index contributed by atoms with van der Waals surface area (Å²) in [6.07, 6.45) is 1.61. The lowest BCUT2D eigenvalue weighted by molar-refractivity contribution is -0.120. The van der Waals surface area contributed by atoms with Crippen LogP contribution >= 0.6 is 11.3 Å². The highest BCUT2D eigenvalue weighted by Crippen LogP contribution is 2.17. The van der Waals surface area contributed by atoms with Crippen molar-refractivity contribution in [1.82, 2.24) is 10.3 Å². The fourth-order valence-corrected chi connectivity index (χ4v) is 3.11. The van der Waals surface area contributed by atoms with Crippen molar-refractivity contribution in [3.8, 4) is 0 Å². The van der Waals surface area contributed by atoms with Gasteiger partial charge in [0.15, 0.2) is 10.9 Å². The smallest absolute Gasteiger partial charge is 0.293 e. The Kier molecular flexibility index (Phi) is 5.80. The van der Waals surface area contributed by atoms with Crippen molar-refractivity contribution >= 4 is 28.3 Å². The number of benzene rings is 1. The molecular weight excluding hydrogens is 350 g/mol. The minimum absolute atomic E-state index is 0.0954. The first-order valence-corrected chi connectivity index (χ1v) is 9.10. The van der Waals surface area contributed by atoms with Gasteiger partial charge < -0.3 is 9.73 Å². The van der Waals surface area contributed by atoms with Crippen LogP contribution in [0.2, 0.25) is 0 Å². The quantitative estimate of drug-likeness (QED) is 0.668. The molecule has 1 unspecified atom stereocenters. The van der Waals surface area contributed by atoms with Crippen LogP contribution in [0.15, 0.2) is 58.5 Å². The number of nitrogens with zero attached hydrogens (tertiary/aromatic N) is 1. The van der Waals surface area contributed by atoms with Crippen LogP contribution in [-0.4, -0.2) is 23.3 Å². The molecule has 6 nitrogen and oxygen atoms in total.